The molecule has 6 nitrogen and oxygen atoms in total. The molecule has 0 bridgehead atoms. The Morgan fingerprint density at radius 1 is 1.31 bits per heavy atom. The van der Waals surface area contributed by atoms with Crippen LogP contribution >= 0.6 is 0 Å². The third-order valence-electron chi connectivity index (χ3n) is 3.66. The maximum atomic E-state index is 12.4. The molecule has 1 amide bonds. The number of pyridine rings is 1. The molecule has 26 heavy (non-hydrogen) atoms. The van der Waals surface area contributed by atoms with Crippen molar-refractivity contribution in [2.75, 3.05) is 5.32 Å². The van der Waals surface area contributed by atoms with Gasteiger partial charge in [-0.25, -0.2) is 9.50 Å². The van der Waals surface area contributed by atoms with Crippen LogP contribution in [0.25, 0.3) is 16.9 Å². The highest BCUT2D eigenvalue weighted by Crippen LogP contribution is 2.28. The predicted octanol–water partition coefficient (Wildman–Crippen LogP) is 3.47. The highest BCUT2D eigenvalue weighted by Gasteiger charge is 2.31. The summed E-state index contributed by atoms with van der Waals surface area (Å²) in [5.41, 5.74) is 3.05. The van der Waals surface area contributed by atoms with E-state index in [2.05, 4.69) is 15.4 Å². The van der Waals surface area contributed by atoms with Gasteiger partial charge in [-0.1, -0.05) is 6.07 Å². The summed E-state index contributed by atoms with van der Waals surface area (Å²) >= 11 is 0. The van der Waals surface area contributed by atoms with E-state index >= 15 is 0 Å². The molecule has 2 aromatic heterocycles. The molecule has 0 aliphatic rings. The Hall–Kier alpha value is -3.41. The van der Waals surface area contributed by atoms with Crippen molar-refractivity contribution >= 4 is 17.2 Å². The van der Waals surface area contributed by atoms with E-state index in [1.54, 1.807) is 25.1 Å². The number of fused-ring (bicyclic) bond motifs is 1. The summed E-state index contributed by atoms with van der Waals surface area (Å²) in [7, 11) is 0. The fourth-order valence-electron chi connectivity index (χ4n) is 2.60. The van der Waals surface area contributed by atoms with E-state index in [0.717, 1.165) is 5.56 Å². The molecule has 1 aromatic carbocycles. The van der Waals surface area contributed by atoms with Crippen molar-refractivity contribution in [3.05, 3.63) is 47.8 Å². The zero-order valence-electron chi connectivity index (χ0n) is 13.5. The molecule has 3 rings (SSSR count). The summed E-state index contributed by atoms with van der Waals surface area (Å²) in [5.74, 6) is -1.16. The van der Waals surface area contributed by atoms with Crippen molar-refractivity contribution in [2.24, 2.45) is 0 Å². The number of nitrogens with one attached hydrogen (secondary N) is 1. The lowest BCUT2D eigenvalue weighted by molar-refractivity contribution is -0.150. The second-order valence-electron chi connectivity index (χ2n) is 5.64. The zero-order valence-corrected chi connectivity index (χ0v) is 13.5. The zero-order chi connectivity index (χ0) is 18.9. The van der Waals surface area contributed by atoms with Crippen LogP contribution in [0.4, 0.5) is 18.9 Å². The average molecular weight is 359 g/mol. The molecule has 0 atom stereocenters. The molecule has 2 heterocycles. The topological polar surface area (TPSA) is 83.1 Å². The molecular weight excluding hydrogens is 347 g/mol. The summed E-state index contributed by atoms with van der Waals surface area (Å²) in [5, 5.41) is 15.3. The number of halogens is 3. The van der Waals surface area contributed by atoms with E-state index in [4.69, 9.17) is 5.26 Å². The monoisotopic (exact) mass is 359 g/mol. The Kier molecular flexibility index (Phi) is 4.34. The van der Waals surface area contributed by atoms with E-state index in [-0.39, 0.29) is 5.69 Å². The SMILES string of the molecule is Cc1cc(C#N)ccc1-c1cc(NC(=O)CC(F)(F)F)cc2ncnn12. The number of carbonyl (C=O) groups excluding carboxylic acids is 1. The lowest BCUT2D eigenvalue weighted by atomic mass is 10.0. The highest BCUT2D eigenvalue weighted by atomic mass is 19.4. The second-order valence-corrected chi connectivity index (χ2v) is 5.64. The maximum absolute atomic E-state index is 12.4. The Bertz CT molecular complexity index is 1030. The molecule has 9 heteroatoms. The molecule has 0 aliphatic carbocycles. The molecule has 0 unspecified atom stereocenters. The van der Waals surface area contributed by atoms with Gasteiger partial charge in [0.05, 0.1) is 17.3 Å². The van der Waals surface area contributed by atoms with Gasteiger partial charge in [0.1, 0.15) is 12.7 Å². The molecule has 0 saturated carbocycles. The van der Waals surface area contributed by atoms with Crippen LogP contribution in [-0.4, -0.2) is 26.7 Å². The van der Waals surface area contributed by atoms with Gasteiger partial charge in [-0.3, -0.25) is 4.79 Å². The normalized spacial score (nSPS) is 11.3. The number of amides is 1. The fraction of sp³-hybridized carbons (Fsp3) is 0.176. The quantitative estimate of drug-likeness (QED) is 0.776. The van der Waals surface area contributed by atoms with Gasteiger partial charge >= 0.3 is 6.18 Å². The Labute approximate surface area is 145 Å². The van der Waals surface area contributed by atoms with Gasteiger partial charge in [0.2, 0.25) is 5.91 Å². The third kappa shape index (κ3) is 3.64. The van der Waals surface area contributed by atoms with Crippen molar-refractivity contribution < 1.29 is 18.0 Å². The van der Waals surface area contributed by atoms with Gasteiger partial charge in [-0.05, 0) is 30.7 Å². The van der Waals surface area contributed by atoms with Gasteiger partial charge in [0, 0.05) is 17.3 Å². The Morgan fingerprint density at radius 2 is 2.08 bits per heavy atom. The van der Waals surface area contributed by atoms with Crippen LogP contribution in [0.5, 0.6) is 0 Å². The number of nitrogens with zero attached hydrogens (tertiary/aromatic N) is 4. The van der Waals surface area contributed by atoms with Crippen LogP contribution in [0.2, 0.25) is 0 Å². The Balaban J connectivity index is 2.04. The standard InChI is InChI=1S/C17H12F3N5O/c1-10-4-11(8-21)2-3-13(10)14-5-12(6-15-22-9-23-25(14)15)24-16(26)7-17(18,19)20/h2-6,9H,7H2,1H3,(H,24,26). The predicted molar refractivity (Wildman–Crippen MR) is 87.2 cm³/mol. The third-order valence-corrected chi connectivity index (χ3v) is 3.66. The molecular formula is C17H12F3N5O. The van der Waals surface area contributed by atoms with E-state index in [0.29, 0.717) is 22.5 Å². The maximum Gasteiger partial charge on any atom is 0.397 e. The first kappa shape index (κ1) is 17.4. The van der Waals surface area contributed by atoms with Crippen LogP contribution in [-0.2, 0) is 4.79 Å². The van der Waals surface area contributed by atoms with Crippen molar-refractivity contribution in [2.45, 2.75) is 19.5 Å². The van der Waals surface area contributed by atoms with Crippen LogP contribution in [0.3, 0.4) is 0 Å². The minimum Gasteiger partial charge on any atom is -0.326 e. The summed E-state index contributed by atoms with van der Waals surface area (Å²) < 4.78 is 38.6. The number of aryl methyl sites for hydroxylation is 1. The van der Waals surface area contributed by atoms with Crippen molar-refractivity contribution in [3.63, 3.8) is 0 Å². The Morgan fingerprint density at radius 3 is 2.73 bits per heavy atom. The number of rotatable bonds is 3. The van der Waals surface area contributed by atoms with Crippen LogP contribution in [0.1, 0.15) is 17.5 Å². The van der Waals surface area contributed by atoms with Crippen molar-refractivity contribution in [1.82, 2.24) is 14.6 Å². The summed E-state index contributed by atoms with van der Waals surface area (Å²) in [6.45, 7) is 1.80. The minimum absolute atomic E-state index is 0.179. The first-order valence-electron chi connectivity index (χ1n) is 7.48. The largest absolute Gasteiger partial charge is 0.397 e. The summed E-state index contributed by atoms with van der Waals surface area (Å²) in [4.78, 5) is 15.6. The lowest BCUT2D eigenvalue weighted by Crippen LogP contribution is -2.21. The molecule has 0 aliphatic heterocycles. The first-order chi connectivity index (χ1) is 12.3. The van der Waals surface area contributed by atoms with Gasteiger partial charge in [-0.2, -0.15) is 23.5 Å². The van der Waals surface area contributed by atoms with E-state index in [1.807, 2.05) is 6.07 Å². The molecule has 0 saturated heterocycles. The summed E-state index contributed by atoms with van der Waals surface area (Å²) in [6, 6.07) is 10.0. The number of carbonyl (C=O) groups is 1. The second kappa shape index (κ2) is 6.48. The van der Waals surface area contributed by atoms with E-state index in [1.165, 1.54) is 23.0 Å². The van der Waals surface area contributed by atoms with Gasteiger partial charge in [0.15, 0.2) is 5.65 Å². The van der Waals surface area contributed by atoms with Crippen LogP contribution in [0, 0.1) is 18.3 Å². The lowest BCUT2D eigenvalue weighted by Gasteiger charge is -2.12. The minimum atomic E-state index is -4.59. The number of nitriles is 1. The van der Waals surface area contributed by atoms with Gasteiger partial charge in [-0.15, -0.1) is 0 Å². The van der Waals surface area contributed by atoms with Crippen molar-refractivity contribution in [3.8, 4) is 17.3 Å². The molecule has 3 aromatic rings. The van der Waals surface area contributed by atoms with Gasteiger partial charge < -0.3 is 5.32 Å². The smallest absolute Gasteiger partial charge is 0.326 e. The number of alkyl halides is 3. The van der Waals surface area contributed by atoms with Gasteiger partial charge in [0.25, 0.3) is 0 Å². The highest BCUT2D eigenvalue weighted by molar-refractivity contribution is 5.92. The molecule has 0 spiro atoms. The van der Waals surface area contributed by atoms with Crippen LogP contribution in [0.15, 0.2) is 36.7 Å². The number of benzene rings is 1. The fourth-order valence-corrected chi connectivity index (χ4v) is 2.60. The molecule has 0 radical (unpaired) electrons. The van der Waals surface area contributed by atoms with Crippen molar-refractivity contribution in [1.29, 1.82) is 5.26 Å². The number of hydrogen-bond acceptors (Lipinski definition) is 4. The summed E-state index contributed by atoms with van der Waals surface area (Å²) in [6.07, 6.45) is -4.86. The molecule has 132 valence electrons. The average Bonchev–Trinajstić information content (AvgIpc) is 3.00. The first-order valence-corrected chi connectivity index (χ1v) is 7.48. The number of anilines is 1. The van der Waals surface area contributed by atoms with E-state index in [9.17, 15) is 18.0 Å². The van der Waals surface area contributed by atoms with Crippen LogP contribution < -0.4 is 5.32 Å². The van der Waals surface area contributed by atoms with E-state index < -0.39 is 18.5 Å². The number of hydrogen-bond donors (Lipinski definition) is 1. The molecule has 0 fully saturated rings. The molecule has 1 N–H and O–H groups in total. The number of aromatic nitrogens is 3.